The molecular formula is C18H24N2O3. The number of fused-ring (bicyclic) bond motifs is 1. The van der Waals surface area contributed by atoms with Gasteiger partial charge in [0.2, 0.25) is 0 Å². The first-order valence-electron chi connectivity index (χ1n) is 7.83. The third kappa shape index (κ3) is 3.76. The van der Waals surface area contributed by atoms with Crippen LogP contribution in [0.3, 0.4) is 0 Å². The van der Waals surface area contributed by atoms with E-state index in [1.165, 1.54) is 0 Å². The van der Waals surface area contributed by atoms with E-state index in [0.717, 1.165) is 12.0 Å². The van der Waals surface area contributed by atoms with Crippen LogP contribution in [0.15, 0.2) is 18.2 Å². The van der Waals surface area contributed by atoms with Crippen LogP contribution in [-0.2, 0) is 11.2 Å². The van der Waals surface area contributed by atoms with E-state index in [9.17, 15) is 10.1 Å². The number of para-hydroxylation sites is 1. The summed E-state index contributed by atoms with van der Waals surface area (Å²) in [5, 5.41) is 12.0. The minimum absolute atomic E-state index is 0.00144. The van der Waals surface area contributed by atoms with Gasteiger partial charge < -0.3 is 14.8 Å². The summed E-state index contributed by atoms with van der Waals surface area (Å²) in [5.41, 5.74) is -0.0875. The SMILES string of the molecule is CC(C)[C@](C)(C#N)NC(=O)COc1cccc2c1OC(C)(C)C2. The second-order valence-electron chi connectivity index (χ2n) is 7.09. The molecule has 2 rings (SSSR count). The van der Waals surface area contributed by atoms with Crippen LogP contribution in [0.4, 0.5) is 0 Å². The largest absolute Gasteiger partial charge is 0.483 e. The summed E-state index contributed by atoms with van der Waals surface area (Å²) in [6.07, 6.45) is 0.811. The van der Waals surface area contributed by atoms with Gasteiger partial charge >= 0.3 is 0 Å². The summed E-state index contributed by atoms with van der Waals surface area (Å²) in [4.78, 5) is 12.1. The molecule has 0 fully saturated rings. The average molecular weight is 316 g/mol. The minimum Gasteiger partial charge on any atom is -0.483 e. The number of nitriles is 1. The molecule has 1 aromatic rings. The summed E-state index contributed by atoms with van der Waals surface area (Å²) in [5.74, 6) is 0.947. The fraction of sp³-hybridized carbons (Fsp3) is 0.556. The van der Waals surface area contributed by atoms with Crippen LogP contribution in [0.1, 0.15) is 40.2 Å². The lowest BCUT2D eigenvalue weighted by Gasteiger charge is -2.27. The summed E-state index contributed by atoms with van der Waals surface area (Å²) < 4.78 is 11.5. The second-order valence-corrected chi connectivity index (χ2v) is 7.09. The molecule has 23 heavy (non-hydrogen) atoms. The van der Waals surface area contributed by atoms with Crippen LogP contribution < -0.4 is 14.8 Å². The van der Waals surface area contributed by atoms with Crippen LogP contribution in [0.25, 0.3) is 0 Å². The van der Waals surface area contributed by atoms with Gasteiger partial charge in [0.25, 0.3) is 5.91 Å². The number of rotatable bonds is 5. The Labute approximate surface area is 137 Å². The molecule has 1 N–H and O–H groups in total. The highest BCUT2D eigenvalue weighted by Gasteiger charge is 2.33. The molecule has 0 unspecified atom stereocenters. The Kier molecular flexibility index (Phi) is 4.56. The number of nitrogens with one attached hydrogen (secondary N) is 1. The number of amides is 1. The highest BCUT2D eigenvalue weighted by Crippen LogP contribution is 2.41. The van der Waals surface area contributed by atoms with Gasteiger partial charge in [0.15, 0.2) is 18.1 Å². The van der Waals surface area contributed by atoms with Crippen molar-refractivity contribution in [3.8, 4) is 17.6 Å². The van der Waals surface area contributed by atoms with Gasteiger partial charge in [-0.2, -0.15) is 5.26 Å². The normalized spacial score (nSPS) is 17.6. The molecule has 0 saturated carbocycles. The molecule has 5 heteroatoms. The van der Waals surface area contributed by atoms with E-state index in [-0.39, 0.29) is 24.0 Å². The van der Waals surface area contributed by atoms with Gasteiger partial charge in [0.05, 0.1) is 6.07 Å². The van der Waals surface area contributed by atoms with E-state index >= 15 is 0 Å². The van der Waals surface area contributed by atoms with Gasteiger partial charge in [-0.3, -0.25) is 4.79 Å². The molecule has 0 saturated heterocycles. The Morgan fingerprint density at radius 2 is 2.22 bits per heavy atom. The summed E-state index contributed by atoms with van der Waals surface area (Å²) in [6, 6.07) is 7.83. The molecule has 124 valence electrons. The molecule has 0 bridgehead atoms. The van der Waals surface area contributed by atoms with Gasteiger partial charge in [-0.05, 0) is 32.8 Å². The van der Waals surface area contributed by atoms with Crippen LogP contribution in [0, 0.1) is 17.2 Å². The molecule has 1 aliphatic heterocycles. The first-order chi connectivity index (χ1) is 10.7. The highest BCUT2D eigenvalue weighted by atomic mass is 16.5. The van der Waals surface area contributed by atoms with E-state index in [0.29, 0.717) is 11.5 Å². The lowest BCUT2D eigenvalue weighted by Crippen LogP contribution is -2.50. The maximum atomic E-state index is 12.1. The average Bonchev–Trinajstić information content (AvgIpc) is 2.79. The van der Waals surface area contributed by atoms with Gasteiger partial charge in [0.1, 0.15) is 11.1 Å². The van der Waals surface area contributed by atoms with Gasteiger partial charge in [-0.25, -0.2) is 0 Å². The molecule has 0 radical (unpaired) electrons. The van der Waals surface area contributed by atoms with E-state index in [1.54, 1.807) is 13.0 Å². The quantitative estimate of drug-likeness (QED) is 0.906. The lowest BCUT2D eigenvalue weighted by atomic mass is 9.90. The first kappa shape index (κ1) is 17.1. The zero-order valence-corrected chi connectivity index (χ0v) is 14.4. The Morgan fingerprint density at radius 3 is 2.83 bits per heavy atom. The summed E-state index contributed by atoms with van der Waals surface area (Å²) >= 11 is 0. The molecule has 1 aromatic carbocycles. The highest BCUT2D eigenvalue weighted by molar-refractivity contribution is 5.79. The maximum absolute atomic E-state index is 12.1. The monoisotopic (exact) mass is 316 g/mol. The Morgan fingerprint density at radius 1 is 1.52 bits per heavy atom. The van der Waals surface area contributed by atoms with Crippen molar-refractivity contribution in [3.05, 3.63) is 23.8 Å². The number of carbonyl (C=O) groups is 1. The topological polar surface area (TPSA) is 71.4 Å². The van der Waals surface area contributed by atoms with Crippen molar-refractivity contribution in [2.24, 2.45) is 5.92 Å². The lowest BCUT2D eigenvalue weighted by molar-refractivity contribution is -0.124. The number of hydrogen-bond donors (Lipinski definition) is 1. The predicted molar refractivity (Wildman–Crippen MR) is 87.3 cm³/mol. The Hall–Kier alpha value is -2.22. The second kappa shape index (κ2) is 6.11. The molecule has 1 amide bonds. The third-order valence-electron chi connectivity index (χ3n) is 4.20. The van der Waals surface area contributed by atoms with Gasteiger partial charge in [-0.1, -0.05) is 26.0 Å². The fourth-order valence-electron chi connectivity index (χ4n) is 2.47. The predicted octanol–water partition coefficient (Wildman–Crippen LogP) is 2.83. The van der Waals surface area contributed by atoms with Crippen LogP contribution in [-0.4, -0.2) is 23.7 Å². The molecule has 1 atom stereocenters. The van der Waals surface area contributed by atoms with Crippen molar-refractivity contribution < 1.29 is 14.3 Å². The summed E-state index contributed by atoms with van der Waals surface area (Å²) in [7, 11) is 0. The molecule has 0 spiro atoms. The van der Waals surface area contributed by atoms with Gasteiger partial charge in [0, 0.05) is 12.0 Å². The Balaban J connectivity index is 2.02. The zero-order valence-electron chi connectivity index (χ0n) is 14.4. The number of hydrogen-bond acceptors (Lipinski definition) is 4. The van der Waals surface area contributed by atoms with E-state index in [2.05, 4.69) is 11.4 Å². The van der Waals surface area contributed by atoms with Crippen molar-refractivity contribution in [3.63, 3.8) is 0 Å². The van der Waals surface area contributed by atoms with Crippen molar-refractivity contribution in [2.45, 2.75) is 52.2 Å². The standard InChI is InChI=1S/C18H24N2O3/c1-12(2)18(5,11-19)20-15(21)10-22-14-8-6-7-13-9-17(3,4)23-16(13)14/h6-8,12H,9-10H2,1-5H3,(H,20,21)/t18-/m0/s1. The van der Waals surface area contributed by atoms with Crippen molar-refractivity contribution in [1.82, 2.24) is 5.32 Å². The first-order valence-corrected chi connectivity index (χ1v) is 7.83. The van der Waals surface area contributed by atoms with Crippen LogP contribution in [0.5, 0.6) is 11.5 Å². The third-order valence-corrected chi connectivity index (χ3v) is 4.20. The maximum Gasteiger partial charge on any atom is 0.259 e. The molecular weight excluding hydrogens is 292 g/mol. The molecule has 1 heterocycles. The van der Waals surface area contributed by atoms with Gasteiger partial charge in [-0.15, -0.1) is 0 Å². The number of carbonyl (C=O) groups excluding carboxylic acids is 1. The number of benzene rings is 1. The smallest absolute Gasteiger partial charge is 0.259 e. The summed E-state index contributed by atoms with van der Waals surface area (Å²) in [6.45, 7) is 9.38. The minimum atomic E-state index is -0.905. The van der Waals surface area contributed by atoms with Crippen LogP contribution in [0.2, 0.25) is 0 Å². The molecule has 0 aromatic heterocycles. The Bertz CT molecular complexity index is 646. The van der Waals surface area contributed by atoms with Crippen molar-refractivity contribution >= 4 is 5.91 Å². The molecule has 5 nitrogen and oxygen atoms in total. The van der Waals surface area contributed by atoms with Crippen molar-refractivity contribution in [2.75, 3.05) is 6.61 Å². The number of nitrogens with zero attached hydrogens (tertiary/aromatic N) is 1. The van der Waals surface area contributed by atoms with Crippen molar-refractivity contribution in [1.29, 1.82) is 5.26 Å². The van der Waals surface area contributed by atoms with E-state index < -0.39 is 5.54 Å². The molecule has 1 aliphatic rings. The van der Waals surface area contributed by atoms with Crippen LogP contribution >= 0.6 is 0 Å². The molecule has 0 aliphatic carbocycles. The zero-order chi connectivity index (χ0) is 17.3. The fourth-order valence-corrected chi connectivity index (χ4v) is 2.47. The van der Waals surface area contributed by atoms with E-state index in [1.807, 2.05) is 39.8 Å². The number of ether oxygens (including phenoxy) is 2. The van der Waals surface area contributed by atoms with E-state index in [4.69, 9.17) is 9.47 Å².